The monoisotopic (exact) mass is 468 g/mol. The first-order chi connectivity index (χ1) is 11.8. The summed E-state index contributed by atoms with van der Waals surface area (Å²) in [6.07, 6.45) is -1.04. The van der Waals surface area contributed by atoms with Crippen molar-refractivity contribution in [1.29, 1.82) is 0 Å². The summed E-state index contributed by atoms with van der Waals surface area (Å²) >= 11 is 1.99. The molecule has 0 saturated carbocycles. The summed E-state index contributed by atoms with van der Waals surface area (Å²) in [6.45, 7) is 7.12. The van der Waals surface area contributed by atoms with E-state index in [-0.39, 0.29) is 19.0 Å². The van der Waals surface area contributed by atoms with Crippen LogP contribution < -0.4 is 0 Å². The number of fused-ring (bicyclic) bond motifs is 1. The fourth-order valence-electron chi connectivity index (χ4n) is 2.40. The number of hydrogen-bond donors (Lipinski definition) is 0. The van der Waals surface area contributed by atoms with Crippen molar-refractivity contribution in [2.45, 2.75) is 52.0 Å². The lowest BCUT2D eigenvalue weighted by molar-refractivity contribution is -0.190. The van der Waals surface area contributed by atoms with Crippen molar-refractivity contribution >= 4 is 34.5 Å². The van der Waals surface area contributed by atoms with Crippen LogP contribution in [0.3, 0.4) is 0 Å². The molecule has 0 unspecified atom stereocenters. The van der Waals surface area contributed by atoms with E-state index in [1.165, 1.54) is 0 Å². The zero-order chi connectivity index (χ0) is 18.6. The van der Waals surface area contributed by atoms with Crippen molar-refractivity contribution in [2.24, 2.45) is 0 Å². The summed E-state index contributed by atoms with van der Waals surface area (Å²) in [5, 5.41) is 0. The van der Waals surface area contributed by atoms with Crippen LogP contribution in [-0.2, 0) is 38.0 Å². The molecular formula is C16H21IO8. The first kappa shape index (κ1) is 20.0. The molecule has 2 rings (SSSR count). The van der Waals surface area contributed by atoms with Crippen LogP contribution >= 0.6 is 22.6 Å². The molecule has 140 valence electrons. The van der Waals surface area contributed by atoms with Crippen LogP contribution in [0.2, 0.25) is 0 Å². The van der Waals surface area contributed by atoms with E-state index >= 15 is 0 Å². The van der Waals surface area contributed by atoms with E-state index in [0.717, 1.165) is 6.08 Å². The van der Waals surface area contributed by atoms with Crippen LogP contribution in [0.5, 0.6) is 0 Å². The zero-order valence-electron chi connectivity index (χ0n) is 14.4. The van der Waals surface area contributed by atoms with Gasteiger partial charge in [-0.05, 0) is 50.3 Å². The molecule has 2 aliphatic rings. The Labute approximate surface area is 159 Å². The Morgan fingerprint density at radius 3 is 2.48 bits per heavy atom. The van der Waals surface area contributed by atoms with Gasteiger partial charge in [-0.25, -0.2) is 9.59 Å². The van der Waals surface area contributed by atoms with Gasteiger partial charge in [0.2, 0.25) is 12.0 Å². The van der Waals surface area contributed by atoms with Gasteiger partial charge in [-0.15, -0.1) is 0 Å². The normalized spacial score (nSPS) is 29.1. The van der Waals surface area contributed by atoms with Gasteiger partial charge in [0, 0.05) is 4.08 Å². The molecule has 2 heterocycles. The third-order valence-corrected chi connectivity index (χ3v) is 3.91. The second kappa shape index (κ2) is 8.37. The average molecular weight is 468 g/mol. The van der Waals surface area contributed by atoms with Crippen LogP contribution in [0.25, 0.3) is 0 Å². The maximum Gasteiger partial charge on any atom is 0.373 e. The minimum atomic E-state index is -0.845. The minimum absolute atomic E-state index is 0.136. The van der Waals surface area contributed by atoms with E-state index < -0.39 is 36.2 Å². The Hall–Kier alpha value is -1.33. The lowest BCUT2D eigenvalue weighted by Gasteiger charge is -2.22. The Morgan fingerprint density at radius 2 is 1.88 bits per heavy atom. The van der Waals surface area contributed by atoms with Gasteiger partial charge in [0.05, 0.1) is 19.3 Å². The fourth-order valence-corrected chi connectivity index (χ4v) is 2.90. The molecule has 0 aliphatic carbocycles. The molecular weight excluding hydrogens is 447 g/mol. The highest BCUT2D eigenvalue weighted by Gasteiger charge is 2.55. The standard InChI is InChI=1S/C16H21IO8/c1-5-20-11(18)7-9(14(19)21-6-2)22-12-10(8-17)23-15-13(12)24-16(3,4)25-15/h7-8,12-13,15H,5-6H2,1-4H3/b9-7+,10-8+/t12-,13-,15-/m1/s1. The third-order valence-electron chi connectivity index (χ3n) is 3.29. The van der Waals surface area contributed by atoms with E-state index in [2.05, 4.69) is 0 Å². The second-order valence-corrected chi connectivity index (χ2v) is 6.24. The predicted octanol–water partition coefficient (Wildman–Crippen LogP) is 2.17. The van der Waals surface area contributed by atoms with Gasteiger partial charge >= 0.3 is 11.9 Å². The average Bonchev–Trinajstić information content (AvgIpc) is 2.99. The minimum Gasteiger partial charge on any atom is -0.472 e. The molecule has 9 heteroatoms. The Kier molecular flexibility index (Phi) is 6.69. The predicted molar refractivity (Wildman–Crippen MR) is 93.2 cm³/mol. The van der Waals surface area contributed by atoms with Crippen LogP contribution in [0.15, 0.2) is 21.7 Å². The van der Waals surface area contributed by atoms with Crippen molar-refractivity contribution in [3.63, 3.8) is 0 Å². The van der Waals surface area contributed by atoms with E-state index in [1.54, 1.807) is 31.8 Å². The molecule has 2 saturated heterocycles. The highest BCUT2D eigenvalue weighted by molar-refractivity contribution is 14.1. The van der Waals surface area contributed by atoms with Crippen molar-refractivity contribution in [3.05, 3.63) is 21.7 Å². The Morgan fingerprint density at radius 1 is 1.20 bits per heavy atom. The number of ether oxygens (including phenoxy) is 6. The fraction of sp³-hybridized carbons (Fsp3) is 0.625. The second-order valence-electron chi connectivity index (χ2n) is 5.62. The van der Waals surface area contributed by atoms with E-state index in [4.69, 9.17) is 28.4 Å². The Bertz CT molecular complexity index is 583. The van der Waals surface area contributed by atoms with E-state index in [0.29, 0.717) is 5.76 Å². The van der Waals surface area contributed by atoms with Crippen LogP contribution in [-0.4, -0.2) is 49.4 Å². The van der Waals surface area contributed by atoms with Crippen LogP contribution in [0, 0.1) is 0 Å². The Balaban J connectivity index is 2.23. The highest BCUT2D eigenvalue weighted by atomic mass is 127. The van der Waals surface area contributed by atoms with Gasteiger partial charge in [-0.2, -0.15) is 0 Å². The summed E-state index contributed by atoms with van der Waals surface area (Å²) in [6, 6.07) is 0. The molecule has 3 atom stereocenters. The lowest BCUT2D eigenvalue weighted by atomic mass is 10.2. The number of esters is 2. The number of hydrogen-bond acceptors (Lipinski definition) is 8. The number of rotatable bonds is 6. The van der Waals surface area contributed by atoms with Crippen molar-refractivity contribution < 1.29 is 38.0 Å². The van der Waals surface area contributed by atoms with Crippen LogP contribution in [0.4, 0.5) is 0 Å². The maximum absolute atomic E-state index is 12.1. The molecule has 2 aliphatic heterocycles. The molecule has 0 spiro atoms. The molecule has 0 N–H and O–H groups in total. The molecule has 0 radical (unpaired) electrons. The maximum atomic E-state index is 12.1. The molecule has 0 aromatic carbocycles. The molecule has 0 aromatic heterocycles. The molecule has 0 bridgehead atoms. The molecule has 0 amide bonds. The summed E-state index contributed by atoms with van der Waals surface area (Å²) in [4.78, 5) is 23.9. The van der Waals surface area contributed by atoms with E-state index in [9.17, 15) is 9.59 Å². The van der Waals surface area contributed by atoms with Crippen molar-refractivity contribution in [2.75, 3.05) is 13.2 Å². The molecule has 8 nitrogen and oxygen atoms in total. The van der Waals surface area contributed by atoms with Gasteiger partial charge in [0.15, 0.2) is 18.0 Å². The van der Waals surface area contributed by atoms with E-state index in [1.807, 2.05) is 22.6 Å². The van der Waals surface area contributed by atoms with Crippen molar-refractivity contribution in [3.8, 4) is 0 Å². The molecule has 2 fully saturated rings. The summed E-state index contributed by atoms with van der Waals surface area (Å²) in [5.41, 5.74) is 0. The first-order valence-corrected chi connectivity index (χ1v) is 9.10. The summed E-state index contributed by atoms with van der Waals surface area (Å²) < 4.78 is 34.3. The van der Waals surface area contributed by atoms with Crippen molar-refractivity contribution in [1.82, 2.24) is 0 Å². The quantitative estimate of drug-likeness (QED) is 0.254. The van der Waals surface area contributed by atoms with Gasteiger partial charge < -0.3 is 28.4 Å². The smallest absolute Gasteiger partial charge is 0.373 e. The van der Waals surface area contributed by atoms with Crippen LogP contribution in [0.1, 0.15) is 27.7 Å². The van der Waals surface area contributed by atoms with Gasteiger partial charge in [0.1, 0.15) is 5.76 Å². The number of carbonyl (C=O) groups is 2. The SMILES string of the molecule is CCOC(=O)/C=C(/O[C@@H]1/C(=C\I)O[C@@H]2OC(C)(C)O[C@@H]21)C(=O)OCC. The topological polar surface area (TPSA) is 89.5 Å². The van der Waals surface area contributed by atoms with Gasteiger partial charge in [0.25, 0.3) is 0 Å². The molecule has 0 aromatic rings. The van der Waals surface area contributed by atoms with Gasteiger partial charge in [-0.3, -0.25) is 0 Å². The highest BCUT2D eigenvalue weighted by Crippen LogP contribution is 2.41. The summed E-state index contributed by atoms with van der Waals surface area (Å²) in [7, 11) is 0. The third kappa shape index (κ3) is 4.85. The van der Waals surface area contributed by atoms with Gasteiger partial charge in [-0.1, -0.05) is 0 Å². The summed E-state index contributed by atoms with van der Waals surface area (Å²) in [5.74, 6) is -2.17. The zero-order valence-corrected chi connectivity index (χ0v) is 16.6. The lowest BCUT2D eigenvalue weighted by Crippen LogP contribution is -2.33. The number of carbonyl (C=O) groups excluding carboxylic acids is 2. The first-order valence-electron chi connectivity index (χ1n) is 7.86. The number of halogens is 1. The molecule has 25 heavy (non-hydrogen) atoms. The largest absolute Gasteiger partial charge is 0.472 e.